The molecule has 0 saturated heterocycles. The highest BCUT2D eigenvalue weighted by Crippen LogP contribution is 1.79. The lowest BCUT2D eigenvalue weighted by Gasteiger charge is -2.11. The number of carbonyl (C=O) groups excluding carboxylic acids is 2. The maximum Gasteiger partial charge on any atom is 0.234 e. The van der Waals surface area contributed by atoms with Gasteiger partial charge in [-0.05, 0) is 34.6 Å². The molecule has 6 nitrogen and oxygen atoms in total. The number of rotatable bonds is 8. The van der Waals surface area contributed by atoms with E-state index in [0.29, 0.717) is 26.2 Å². The van der Waals surface area contributed by atoms with E-state index in [1.807, 2.05) is 38.0 Å². The van der Waals surface area contributed by atoms with Gasteiger partial charge in [-0.15, -0.1) is 0 Å². The Kier molecular flexibility index (Phi) is 8.35. The van der Waals surface area contributed by atoms with Gasteiger partial charge in [-0.2, -0.15) is 0 Å². The van der Waals surface area contributed by atoms with Crippen LogP contribution < -0.4 is 10.6 Å². The first kappa shape index (κ1) is 15.9. The zero-order chi connectivity index (χ0) is 13.3. The maximum absolute atomic E-state index is 11.2. The number of likely N-dealkylation sites (N-methyl/N-ethyl adjacent to an activating group) is 2. The van der Waals surface area contributed by atoms with Crippen molar-refractivity contribution in [2.24, 2.45) is 0 Å². The average Bonchev–Trinajstić information content (AvgIpc) is 2.14. The Morgan fingerprint density at radius 1 is 0.824 bits per heavy atom. The summed E-state index contributed by atoms with van der Waals surface area (Å²) in [4.78, 5) is 26.1. The summed E-state index contributed by atoms with van der Waals surface area (Å²) in [5, 5.41) is 5.57. The molecule has 0 aromatic rings. The summed E-state index contributed by atoms with van der Waals surface area (Å²) in [6, 6.07) is 0. The van der Waals surface area contributed by atoms with E-state index in [1.54, 1.807) is 0 Å². The Bertz CT molecular complexity index is 218. The number of hydrogen-bond acceptors (Lipinski definition) is 4. The lowest BCUT2D eigenvalue weighted by Crippen LogP contribution is -2.37. The van der Waals surface area contributed by atoms with E-state index in [4.69, 9.17) is 0 Å². The van der Waals surface area contributed by atoms with Gasteiger partial charge in [-0.3, -0.25) is 9.59 Å². The van der Waals surface area contributed by atoms with Crippen LogP contribution in [0.25, 0.3) is 0 Å². The van der Waals surface area contributed by atoms with Crippen LogP contribution in [-0.4, -0.2) is 76.0 Å². The van der Waals surface area contributed by atoms with E-state index in [-0.39, 0.29) is 11.8 Å². The summed E-state index contributed by atoms with van der Waals surface area (Å²) in [7, 11) is 7.39. The standard InChI is InChI=1S/C11H24N4O2/c1-14(2)8-10(16)12-6-5-7-13-11(17)9-15(3)4/h5-9H2,1-4H3,(H,12,16)(H,13,17). The first-order valence-corrected chi connectivity index (χ1v) is 5.74. The van der Waals surface area contributed by atoms with Crippen LogP contribution in [0.4, 0.5) is 0 Å². The Balaban J connectivity index is 3.40. The summed E-state index contributed by atoms with van der Waals surface area (Å²) in [5.74, 6) is 0.0178. The summed E-state index contributed by atoms with van der Waals surface area (Å²) in [5.41, 5.74) is 0. The van der Waals surface area contributed by atoms with Crippen LogP contribution in [0.5, 0.6) is 0 Å². The van der Waals surface area contributed by atoms with Crippen molar-refractivity contribution in [1.29, 1.82) is 0 Å². The van der Waals surface area contributed by atoms with Crippen molar-refractivity contribution in [3.05, 3.63) is 0 Å². The minimum Gasteiger partial charge on any atom is -0.355 e. The molecule has 2 N–H and O–H groups in total. The SMILES string of the molecule is CN(C)CC(=O)NCCCNC(=O)CN(C)C. The van der Waals surface area contributed by atoms with Crippen LogP contribution in [0, 0.1) is 0 Å². The van der Waals surface area contributed by atoms with Gasteiger partial charge in [0.05, 0.1) is 13.1 Å². The van der Waals surface area contributed by atoms with Crippen LogP contribution in [0.2, 0.25) is 0 Å². The molecule has 0 fully saturated rings. The zero-order valence-corrected chi connectivity index (χ0v) is 11.2. The third-order valence-corrected chi connectivity index (χ3v) is 1.92. The van der Waals surface area contributed by atoms with Gasteiger partial charge < -0.3 is 20.4 Å². The number of amides is 2. The van der Waals surface area contributed by atoms with Crippen molar-refractivity contribution in [3.63, 3.8) is 0 Å². The van der Waals surface area contributed by atoms with Gasteiger partial charge >= 0.3 is 0 Å². The molecular weight excluding hydrogens is 220 g/mol. The molecule has 0 aromatic heterocycles. The number of hydrogen-bond donors (Lipinski definition) is 2. The first-order valence-electron chi connectivity index (χ1n) is 5.74. The van der Waals surface area contributed by atoms with Crippen LogP contribution in [0.1, 0.15) is 6.42 Å². The Hall–Kier alpha value is -1.14. The molecule has 6 heteroatoms. The van der Waals surface area contributed by atoms with Gasteiger partial charge in [0.1, 0.15) is 0 Å². The van der Waals surface area contributed by atoms with Crippen LogP contribution >= 0.6 is 0 Å². The molecule has 17 heavy (non-hydrogen) atoms. The molecular formula is C11H24N4O2. The summed E-state index contributed by atoms with van der Waals surface area (Å²) in [6.07, 6.45) is 0.748. The summed E-state index contributed by atoms with van der Waals surface area (Å²) in [6.45, 7) is 1.98. The van der Waals surface area contributed by atoms with Gasteiger partial charge in [0.25, 0.3) is 0 Å². The fourth-order valence-electron chi connectivity index (χ4n) is 1.23. The highest BCUT2D eigenvalue weighted by molar-refractivity contribution is 5.78. The van der Waals surface area contributed by atoms with Crippen LogP contribution in [-0.2, 0) is 9.59 Å². The van der Waals surface area contributed by atoms with Gasteiger partial charge in [0.2, 0.25) is 11.8 Å². The van der Waals surface area contributed by atoms with Crippen molar-refractivity contribution in [2.45, 2.75) is 6.42 Å². The predicted molar refractivity (Wildman–Crippen MR) is 67.7 cm³/mol. The second-order valence-corrected chi connectivity index (χ2v) is 4.53. The van der Waals surface area contributed by atoms with E-state index in [2.05, 4.69) is 10.6 Å². The summed E-state index contributed by atoms with van der Waals surface area (Å²) < 4.78 is 0. The fourth-order valence-corrected chi connectivity index (χ4v) is 1.23. The predicted octanol–water partition coefficient (Wildman–Crippen LogP) is -1.27. The third-order valence-electron chi connectivity index (χ3n) is 1.92. The highest BCUT2D eigenvalue weighted by atomic mass is 16.2. The topological polar surface area (TPSA) is 64.7 Å². The number of nitrogens with one attached hydrogen (secondary N) is 2. The third kappa shape index (κ3) is 11.1. The molecule has 0 unspecified atom stereocenters. The van der Waals surface area contributed by atoms with Gasteiger partial charge in [0, 0.05) is 13.1 Å². The van der Waals surface area contributed by atoms with Crippen molar-refractivity contribution in [2.75, 3.05) is 54.4 Å². The summed E-state index contributed by atoms with van der Waals surface area (Å²) >= 11 is 0. The van der Waals surface area contributed by atoms with Crippen LogP contribution in [0.15, 0.2) is 0 Å². The van der Waals surface area contributed by atoms with E-state index in [1.165, 1.54) is 0 Å². The normalized spacial score (nSPS) is 10.7. The molecule has 0 aliphatic carbocycles. The quantitative estimate of drug-likeness (QED) is 0.523. The molecule has 0 aliphatic rings. The Labute approximate surface area is 103 Å². The van der Waals surface area contributed by atoms with Crippen molar-refractivity contribution in [1.82, 2.24) is 20.4 Å². The highest BCUT2D eigenvalue weighted by Gasteiger charge is 2.03. The molecule has 100 valence electrons. The molecule has 0 atom stereocenters. The van der Waals surface area contributed by atoms with Crippen molar-refractivity contribution < 1.29 is 9.59 Å². The van der Waals surface area contributed by atoms with Gasteiger partial charge in [-0.25, -0.2) is 0 Å². The smallest absolute Gasteiger partial charge is 0.234 e. The second-order valence-electron chi connectivity index (χ2n) is 4.53. The monoisotopic (exact) mass is 244 g/mol. The molecule has 0 aromatic carbocycles. The zero-order valence-electron chi connectivity index (χ0n) is 11.2. The van der Waals surface area contributed by atoms with Gasteiger partial charge in [-0.1, -0.05) is 0 Å². The Morgan fingerprint density at radius 3 is 1.47 bits per heavy atom. The van der Waals surface area contributed by atoms with E-state index >= 15 is 0 Å². The molecule has 0 saturated carbocycles. The molecule has 0 rings (SSSR count). The van der Waals surface area contributed by atoms with Crippen molar-refractivity contribution >= 4 is 11.8 Å². The first-order chi connectivity index (χ1) is 7.91. The number of nitrogens with zero attached hydrogens (tertiary/aromatic N) is 2. The second kappa shape index (κ2) is 8.95. The minimum atomic E-state index is 0.00891. The molecule has 0 heterocycles. The molecule has 0 radical (unpaired) electrons. The molecule has 0 bridgehead atoms. The fraction of sp³-hybridized carbons (Fsp3) is 0.818. The number of carbonyl (C=O) groups is 2. The van der Waals surface area contributed by atoms with E-state index in [9.17, 15) is 9.59 Å². The van der Waals surface area contributed by atoms with Crippen molar-refractivity contribution in [3.8, 4) is 0 Å². The molecule has 2 amide bonds. The molecule has 0 aliphatic heterocycles. The Morgan fingerprint density at radius 2 is 1.18 bits per heavy atom. The minimum absolute atomic E-state index is 0.00891. The molecule has 0 spiro atoms. The van der Waals surface area contributed by atoms with E-state index < -0.39 is 0 Å². The largest absolute Gasteiger partial charge is 0.355 e. The lowest BCUT2D eigenvalue weighted by atomic mass is 10.4. The van der Waals surface area contributed by atoms with E-state index in [0.717, 1.165) is 6.42 Å². The van der Waals surface area contributed by atoms with Gasteiger partial charge in [0.15, 0.2) is 0 Å². The lowest BCUT2D eigenvalue weighted by molar-refractivity contribution is -0.122. The maximum atomic E-state index is 11.2. The average molecular weight is 244 g/mol. The van der Waals surface area contributed by atoms with Crippen LogP contribution in [0.3, 0.4) is 0 Å².